The van der Waals surface area contributed by atoms with Crippen LogP contribution in [0.5, 0.6) is 0 Å². The van der Waals surface area contributed by atoms with Crippen molar-refractivity contribution in [2.24, 2.45) is 5.73 Å². The van der Waals surface area contributed by atoms with Gasteiger partial charge in [0.05, 0.1) is 16.6 Å². The molecule has 1 unspecified atom stereocenters. The molecule has 7 nitrogen and oxygen atoms in total. The third-order valence-electron chi connectivity index (χ3n) is 3.30. The number of anilines is 1. The van der Waals surface area contributed by atoms with Crippen molar-refractivity contribution in [3.8, 4) is 0 Å². The lowest BCUT2D eigenvalue weighted by molar-refractivity contribution is -0.384. The molecule has 0 saturated carbocycles. The van der Waals surface area contributed by atoms with Gasteiger partial charge in [0, 0.05) is 19.1 Å². The van der Waals surface area contributed by atoms with E-state index in [1.54, 1.807) is 0 Å². The Morgan fingerprint density at radius 1 is 1.50 bits per heavy atom. The van der Waals surface area contributed by atoms with Crippen molar-refractivity contribution in [3.05, 3.63) is 33.6 Å². The number of nitrogens with two attached hydrogens (primary N) is 2. The van der Waals surface area contributed by atoms with Crippen LogP contribution >= 0.6 is 0 Å². The lowest BCUT2D eigenvalue weighted by atomic mass is 10.0. The van der Waals surface area contributed by atoms with Gasteiger partial charge in [0.25, 0.3) is 11.6 Å². The van der Waals surface area contributed by atoms with Crippen LogP contribution in [0.2, 0.25) is 0 Å². The second kappa shape index (κ2) is 5.41. The summed E-state index contributed by atoms with van der Waals surface area (Å²) < 4.78 is 13.4. The molecule has 1 atom stereocenters. The van der Waals surface area contributed by atoms with Crippen LogP contribution in [0.15, 0.2) is 12.1 Å². The largest absolute Gasteiger partial charge is 0.393 e. The van der Waals surface area contributed by atoms with Crippen LogP contribution in [0.4, 0.5) is 15.8 Å². The Hall–Kier alpha value is -2.22. The summed E-state index contributed by atoms with van der Waals surface area (Å²) in [4.78, 5) is 23.7. The average molecular weight is 282 g/mol. The van der Waals surface area contributed by atoms with Crippen LogP contribution in [0.1, 0.15) is 23.2 Å². The zero-order valence-electron chi connectivity index (χ0n) is 10.7. The molecule has 1 amide bonds. The third kappa shape index (κ3) is 2.69. The van der Waals surface area contributed by atoms with E-state index in [0.29, 0.717) is 19.2 Å². The summed E-state index contributed by atoms with van der Waals surface area (Å²) in [5.41, 5.74) is 10.3. The number of nitrogen functional groups attached to an aromatic ring is 1. The molecule has 20 heavy (non-hydrogen) atoms. The number of piperidine rings is 1. The Morgan fingerprint density at radius 3 is 2.80 bits per heavy atom. The number of amides is 1. The van der Waals surface area contributed by atoms with Crippen molar-refractivity contribution in [3.63, 3.8) is 0 Å². The lowest BCUT2D eigenvalue weighted by Gasteiger charge is -2.31. The fourth-order valence-corrected chi connectivity index (χ4v) is 2.30. The van der Waals surface area contributed by atoms with Gasteiger partial charge in [-0.2, -0.15) is 0 Å². The first-order valence-corrected chi connectivity index (χ1v) is 6.18. The third-order valence-corrected chi connectivity index (χ3v) is 3.30. The van der Waals surface area contributed by atoms with Gasteiger partial charge in [0.15, 0.2) is 0 Å². The van der Waals surface area contributed by atoms with E-state index in [9.17, 15) is 19.3 Å². The normalized spacial score (nSPS) is 18.9. The zero-order valence-corrected chi connectivity index (χ0v) is 10.7. The molecule has 0 radical (unpaired) electrons. The Balaban J connectivity index is 2.36. The van der Waals surface area contributed by atoms with E-state index in [4.69, 9.17) is 11.5 Å². The van der Waals surface area contributed by atoms with Gasteiger partial charge >= 0.3 is 0 Å². The Morgan fingerprint density at radius 2 is 2.20 bits per heavy atom. The monoisotopic (exact) mass is 282 g/mol. The van der Waals surface area contributed by atoms with Crippen LogP contribution in [0, 0.1) is 15.9 Å². The molecule has 4 N–H and O–H groups in total. The maximum Gasteiger partial charge on any atom is 0.295 e. The highest BCUT2D eigenvalue weighted by molar-refractivity contribution is 6.01. The van der Waals surface area contributed by atoms with Gasteiger partial charge < -0.3 is 16.4 Å². The van der Waals surface area contributed by atoms with Crippen LogP contribution in [-0.2, 0) is 0 Å². The highest BCUT2D eigenvalue weighted by Crippen LogP contribution is 2.28. The number of nitrogens with zero attached hydrogens (tertiary/aromatic N) is 2. The average Bonchev–Trinajstić information content (AvgIpc) is 2.40. The molecule has 1 aliphatic heterocycles. The summed E-state index contributed by atoms with van der Waals surface area (Å²) in [7, 11) is 0. The molecule has 0 aliphatic carbocycles. The first-order valence-electron chi connectivity index (χ1n) is 6.18. The Labute approximate surface area is 114 Å². The van der Waals surface area contributed by atoms with Gasteiger partial charge in [-0.1, -0.05) is 0 Å². The highest BCUT2D eigenvalue weighted by atomic mass is 19.1. The predicted molar refractivity (Wildman–Crippen MR) is 70.6 cm³/mol. The molecule has 1 heterocycles. The number of carbonyl (C=O) groups is 1. The van der Waals surface area contributed by atoms with Crippen LogP contribution < -0.4 is 11.5 Å². The van der Waals surface area contributed by atoms with E-state index in [0.717, 1.165) is 18.9 Å². The fraction of sp³-hybridized carbons (Fsp3) is 0.417. The van der Waals surface area contributed by atoms with Crippen molar-refractivity contribution in [1.82, 2.24) is 4.90 Å². The van der Waals surface area contributed by atoms with Gasteiger partial charge in [-0.05, 0) is 18.9 Å². The van der Waals surface area contributed by atoms with Gasteiger partial charge in [-0.25, -0.2) is 4.39 Å². The van der Waals surface area contributed by atoms with E-state index >= 15 is 0 Å². The first kappa shape index (κ1) is 14.2. The van der Waals surface area contributed by atoms with Gasteiger partial charge in [-0.3, -0.25) is 14.9 Å². The molecule has 0 aromatic heterocycles. The van der Waals surface area contributed by atoms with Gasteiger partial charge in [0.2, 0.25) is 0 Å². The summed E-state index contributed by atoms with van der Waals surface area (Å²) in [5, 5.41) is 10.8. The molecule has 2 rings (SSSR count). The van der Waals surface area contributed by atoms with Gasteiger partial charge in [0.1, 0.15) is 11.5 Å². The number of hydrogen-bond donors (Lipinski definition) is 2. The smallest absolute Gasteiger partial charge is 0.295 e. The van der Waals surface area contributed by atoms with Crippen molar-refractivity contribution in [2.45, 2.75) is 18.9 Å². The number of carbonyl (C=O) groups excluding carboxylic acids is 1. The summed E-state index contributed by atoms with van der Waals surface area (Å²) in [6, 6.07) is 1.48. The number of nitro benzene ring substituents is 1. The molecule has 1 aromatic rings. The molecule has 1 aromatic carbocycles. The van der Waals surface area contributed by atoms with E-state index in [2.05, 4.69) is 0 Å². The number of halogens is 1. The van der Waals surface area contributed by atoms with Crippen LogP contribution in [0.3, 0.4) is 0 Å². The minimum atomic E-state index is -0.865. The Kier molecular flexibility index (Phi) is 3.84. The van der Waals surface area contributed by atoms with Crippen LogP contribution in [0.25, 0.3) is 0 Å². The van der Waals surface area contributed by atoms with Crippen LogP contribution in [-0.4, -0.2) is 34.9 Å². The van der Waals surface area contributed by atoms with Crippen molar-refractivity contribution >= 4 is 17.3 Å². The Bertz CT molecular complexity index is 564. The second-order valence-electron chi connectivity index (χ2n) is 4.80. The van der Waals surface area contributed by atoms with E-state index in [1.165, 1.54) is 4.90 Å². The molecule has 108 valence electrons. The zero-order chi connectivity index (χ0) is 14.9. The number of hydrogen-bond acceptors (Lipinski definition) is 5. The van der Waals surface area contributed by atoms with Crippen molar-refractivity contribution in [2.75, 3.05) is 18.8 Å². The fourth-order valence-electron chi connectivity index (χ4n) is 2.30. The molecule has 0 bridgehead atoms. The summed E-state index contributed by atoms with van der Waals surface area (Å²) in [6.45, 7) is 0.818. The maximum absolute atomic E-state index is 13.4. The minimum Gasteiger partial charge on any atom is -0.393 e. The van der Waals surface area contributed by atoms with Crippen molar-refractivity contribution < 1.29 is 14.1 Å². The summed E-state index contributed by atoms with van der Waals surface area (Å²) in [6.07, 6.45) is 1.55. The topological polar surface area (TPSA) is 115 Å². The molecular weight excluding hydrogens is 267 g/mol. The van der Waals surface area contributed by atoms with E-state index < -0.39 is 22.3 Å². The van der Waals surface area contributed by atoms with Gasteiger partial charge in [-0.15, -0.1) is 0 Å². The quantitative estimate of drug-likeness (QED) is 0.474. The molecular formula is C12H15FN4O3. The summed E-state index contributed by atoms with van der Waals surface area (Å²) in [5.74, 6) is -1.39. The second-order valence-corrected chi connectivity index (χ2v) is 4.80. The standard InChI is InChI=1S/C12H15FN4O3/c13-7-4-9(11(15)10(5-7)17(19)20)12(18)16-3-1-2-8(14)6-16/h4-5,8H,1-3,6,14-15H2. The molecule has 1 fully saturated rings. The molecule has 0 spiro atoms. The summed E-state index contributed by atoms with van der Waals surface area (Å²) >= 11 is 0. The number of rotatable bonds is 2. The van der Waals surface area contributed by atoms with Crippen molar-refractivity contribution in [1.29, 1.82) is 0 Å². The van der Waals surface area contributed by atoms with E-state index in [-0.39, 0.29) is 17.3 Å². The number of benzene rings is 1. The highest BCUT2D eigenvalue weighted by Gasteiger charge is 2.27. The number of nitro groups is 1. The first-order chi connectivity index (χ1) is 9.40. The maximum atomic E-state index is 13.4. The molecule has 1 saturated heterocycles. The lowest BCUT2D eigenvalue weighted by Crippen LogP contribution is -2.45. The molecule has 8 heteroatoms. The predicted octanol–water partition coefficient (Wildman–Crippen LogP) is 0.879. The van der Waals surface area contributed by atoms with E-state index in [1.807, 2.05) is 0 Å². The SMILES string of the molecule is Nc1c(C(=O)N2CCCC(N)C2)cc(F)cc1[N+](=O)[O-]. The number of likely N-dealkylation sites (tertiary alicyclic amines) is 1. The minimum absolute atomic E-state index is 0.141. The molecule has 1 aliphatic rings.